The summed E-state index contributed by atoms with van der Waals surface area (Å²) < 4.78 is 0. The number of aromatic nitrogens is 1. The average Bonchev–Trinajstić information content (AvgIpc) is 2.70. The number of anilines is 1. The van der Waals surface area contributed by atoms with Gasteiger partial charge in [-0.15, -0.1) is 0 Å². The highest BCUT2D eigenvalue weighted by molar-refractivity contribution is 5.96. The Kier molecular flexibility index (Phi) is 4.37. The number of hydrogen-bond acceptors (Lipinski definition) is 3. The Morgan fingerprint density at radius 3 is 2.90 bits per heavy atom. The van der Waals surface area contributed by atoms with Crippen molar-refractivity contribution >= 4 is 17.6 Å². The maximum atomic E-state index is 12.2. The molecule has 1 saturated heterocycles. The van der Waals surface area contributed by atoms with Crippen LogP contribution in [0.3, 0.4) is 0 Å². The summed E-state index contributed by atoms with van der Waals surface area (Å²) in [5.41, 5.74) is 0.853. The highest BCUT2D eigenvalue weighted by Crippen LogP contribution is 2.20. The number of nitrogens with one attached hydrogen (secondary N) is 1. The van der Waals surface area contributed by atoms with Crippen molar-refractivity contribution in [3.05, 3.63) is 23.9 Å². The maximum Gasteiger partial charge on any atom is 0.230 e. The van der Waals surface area contributed by atoms with Gasteiger partial charge in [-0.1, -0.05) is 19.9 Å². The van der Waals surface area contributed by atoms with Gasteiger partial charge in [0.25, 0.3) is 0 Å². The van der Waals surface area contributed by atoms with E-state index in [-0.39, 0.29) is 17.7 Å². The van der Waals surface area contributed by atoms with Gasteiger partial charge >= 0.3 is 0 Å². The number of aryl methyl sites for hydroxylation is 1. The fourth-order valence-corrected chi connectivity index (χ4v) is 2.41. The molecule has 1 aliphatic rings. The molecular formula is C15H21N3O2. The van der Waals surface area contributed by atoms with Crippen molar-refractivity contribution in [3.8, 4) is 0 Å². The molecule has 1 N–H and O–H groups in total. The van der Waals surface area contributed by atoms with Crippen LogP contribution in [-0.2, 0) is 9.59 Å². The average molecular weight is 275 g/mol. The first-order valence-electron chi connectivity index (χ1n) is 6.98. The maximum absolute atomic E-state index is 12.2. The zero-order valence-electron chi connectivity index (χ0n) is 12.2. The Morgan fingerprint density at radius 1 is 1.50 bits per heavy atom. The van der Waals surface area contributed by atoms with Crippen molar-refractivity contribution in [2.24, 2.45) is 11.8 Å². The van der Waals surface area contributed by atoms with E-state index in [1.54, 1.807) is 11.0 Å². The summed E-state index contributed by atoms with van der Waals surface area (Å²) in [5, 5.41) is 2.79. The molecule has 1 atom stereocenters. The smallest absolute Gasteiger partial charge is 0.230 e. The van der Waals surface area contributed by atoms with Crippen LogP contribution in [0, 0.1) is 18.8 Å². The van der Waals surface area contributed by atoms with Gasteiger partial charge in [0.05, 0.1) is 5.92 Å². The lowest BCUT2D eigenvalue weighted by Gasteiger charge is -2.18. The van der Waals surface area contributed by atoms with Crippen LogP contribution in [0.4, 0.5) is 5.82 Å². The third-order valence-corrected chi connectivity index (χ3v) is 3.31. The number of hydrogen-bond donors (Lipinski definition) is 1. The van der Waals surface area contributed by atoms with Crippen LogP contribution < -0.4 is 5.32 Å². The van der Waals surface area contributed by atoms with Crippen LogP contribution in [0.1, 0.15) is 26.0 Å². The second-order valence-electron chi connectivity index (χ2n) is 5.75. The molecule has 0 saturated carbocycles. The molecule has 1 aromatic heterocycles. The van der Waals surface area contributed by atoms with Crippen molar-refractivity contribution in [3.63, 3.8) is 0 Å². The molecule has 0 aromatic carbocycles. The minimum absolute atomic E-state index is 0.0658. The summed E-state index contributed by atoms with van der Waals surface area (Å²) in [5.74, 6) is 0.631. The summed E-state index contributed by atoms with van der Waals surface area (Å²) in [6.45, 7) is 7.23. The minimum Gasteiger partial charge on any atom is -0.342 e. The Morgan fingerprint density at radius 2 is 2.25 bits per heavy atom. The van der Waals surface area contributed by atoms with Crippen molar-refractivity contribution in [1.82, 2.24) is 9.88 Å². The molecule has 2 rings (SSSR count). The molecule has 5 heteroatoms. The molecule has 1 aliphatic heterocycles. The molecule has 1 aromatic rings. The molecule has 0 spiro atoms. The lowest BCUT2D eigenvalue weighted by Crippen LogP contribution is -2.31. The minimum atomic E-state index is -0.274. The highest BCUT2D eigenvalue weighted by Gasteiger charge is 2.34. The SMILES string of the molecule is Cc1cccc(NC(=O)C2CC(=O)N(CC(C)C)C2)n1. The number of amides is 2. The number of pyridine rings is 1. The van der Waals surface area contributed by atoms with Crippen LogP contribution in [0.15, 0.2) is 18.2 Å². The predicted octanol–water partition coefficient (Wildman–Crippen LogP) is 1.83. The fourth-order valence-electron chi connectivity index (χ4n) is 2.41. The van der Waals surface area contributed by atoms with Crippen LogP contribution in [-0.4, -0.2) is 34.8 Å². The normalized spacial score (nSPS) is 18.7. The topological polar surface area (TPSA) is 62.3 Å². The molecule has 0 bridgehead atoms. The third kappa shape index (κ3) is 3.56. The molecule has 0 radical (unpaired) electrons. The number of carbonyl (C=O) groups excluding carboxylic acids is 2. The first-order valence-corrected chi connectivity index (χ1v) is 6.98. The van der Waals surface area contributed by atoms with Gasteiger partial charge < -0.3 is 10.2 Å². The first kappa shape index (κ1) is 14.5. The zero-order chi connectivity index (χ0) is 14.7. The van der Waals surface area contributed by atoms with E-state index in [4.69, 9.17) is 0 Å². The van der Waals surface area contributed by atoms with Crippen LogP contribution in [0.25, 0.3) is 0 Å². The first-order chi connectivity index (χ1) is 9.45. The summed E-state index contributed by atoms with van der Waals surface area (Å²) in [4.78, 5) is 30.1. The Balaban J connectivity index is 1.95. The predicted molar refractivity (Wildman–Crippen MR) is 77.1 cm³/mol. The molecule has 20 heavy (non-hydrogen) atoms. The van der Waals surface area contributed by atoms with Crippen LogP contribution in [0.2, 0.25) is 0 Å². The van der Waals surface area contributed by atoms with E-state index in [2.05, 4.69) is 24.1 Å². The van der Waals surface area contributed by atoms with Crippen molar-refractivity contribution in [2.45, 2.75) is 27.2 Å². The second kappa shape index (κ2) is 6.03. The van der Waals surface area contributed by atoms with Crippen LogP contribution in [0.5, 0.6) is 0 Å². The number of rotatable bonds is 4. The monoisotopic (exact) mass is 275 g/mol. The van der Waals surface area contributed by atoms with Gasteiger partial charge in [-0.05, 0) is 25.0 Å². The summed E-state index contributed by atoms with van der Waals surface area (Å²) in [6.07, 6.45) is 0.296. The van der Waals surface area contributed by atoms with Crippen molar-refractivity contribution in [1.29, 1.82) is 0 Å². The molecule has 2 heterocycles. The van der Waals surface area contributed by atoms with Crippen molar-refractivity contribution < 1.29 is 9.59 Å². The molecule has 1 fully saturated rings. The van der Waals surface area contributed by atoms with Gasteiger partial charge in [0, 0.05) is 25.2 Å². The third-order valence-electron chi connectivity index (χ3n) is 3.31. The van der Waals surface area contributed by atoms with E-state index in [0.29, 0.717) is 31.2 Å². The summed E-state index contributed by atoms with van der Waals surface area (Å²) >= 11 is 0. The highest BCUT2D eigenvalue weighted by atomic mass is 16.2. The standard InChI is InChI=1S/C15H21N3O2/c1-10(2)8-18-9-12(7-14(18)19)15(20)17-13-6-4-5-11(3)16-13/h4-6,10,12H,7-9H2,1-3H3,(H,16,17,20). The van der Waals surface area contributed by atoms with E-state index in [0.717, 1.165) is 5.69 Å². The van der Waals surface area contributed by atoms with Gasteiger partial charge in [0.1, 0.15) is 5.82 Å². The Labute approximate surface area is 119 Å². The number of carbonyl (C=O) groups is 2. The van der Waals surface area contributed by atoms with Gasteiger partial charge in [-0.3, -0.25) is 9.59 Å². The van der Waals surface area contributed by atoms with E-state index in [9.17, 15) is 9.59 Å². The lowest BCUT2D eigenvalue weighted by molar-refractivity contribution is -0.128. The number of likely N-dealkylation sites (tertiary alicyclic amines) is 1. The van der Waals surface area contributed by atoms with Gasteiger partial charge in [0.2, 0.25) is 11.8 Å². The fraction of sp³-hybridized carbons (Fsp3) is 0.533. The van der Waals surface area contributed by atoms with E-state index < -0.39 is 0 Å². The van der Waals surface area contributed by atoms with E-state index in [1.165, 1.54) is 0 Å². The Hall–Kier alpha value is -1.91. The summed E-state index contributed by atoms with van der Waals surface area (Å²) in [7, 11) is 0. The summed E-state index contributed by atoms with van der Waals surface area (Å²) in [6, 6.07) is 5.48. The second-order valence-corrected chi connectivity index (χ2v) is 5.75. The largest absolute Gasteiger partial charge is 0.342 e. The van der Waals surface area contributed by atoms with Crippen molar-refractivity contribution in [2.75, 3.05) is 18.4 Å². The van der Waals surface area contributed by atoms with Crippen LogP contribution >= 0.6 is 0 Å². The van der Waals surface area contributed by atoms with E-state index in [1.807, 2.05) is 19.1 Å². The zero-order valence-corrected chi connectivity index (χ0v) is 12.2. The van der Waals surface area contributed by atoms with Gasteiger partial charge in [-0.2, -0.15) is 0 Å². The van der Waals surface area contributed by atoms with E-state index >= 15 is 0 Å². The quantitative estimate of drug-likeness (QED) is 0.912. The molecule has 1 unspecified atom stereocenters. The van der Waals surface area contributed by atoms with Gasteiger partial charge in [0.15, 0.2) is 0 Å². The lowest BCUT2D eigenvalue weighted by atomic mass is 10.1. The molecule has 0 aliphatic carbocycles. The van der Waals surface area contributed by atoms with Gasteiger partial charge in [-0.25, -0.2) is 4.98 Å². The molecule has 108 valence electrons. The molecule has 2 amide bonds. The number of nitrogens with zero attached hydrogens (tertiary/aromatic N) is 2. The molecular weight excluding hydrogens is 254 g/mol. The Bertz CT molecular complexity index is 514. The molecule has 5 nitrogen and oxygen atoms in total.